The first-order valence-corrected chi connectivity index (χ1v) is 9.50. The average molecular weight is 374 g/mol. The van der Waals surface area contributed by atoms with Crippen LogP contribution in [0.5, 0.6) is 11.5 Å². The smallest absolute Gasteiger partial charge is 0.226 e. The van der Waals surface area contributed by atoms with Crippen molar-refractivity contribution in [3.63, 3.8) is 0 Å². The van der Waals surface area contributed by atoms with Gasteiger partial charge in [-0.3, -0.25) is 4.79 Å². The second-order valence-electron chi connectivity index (χ2n) is 5.28. The average Bonchev–Trinajstić information content (AvgIpc) is 3.31. The third-order valence-electron chi connectivity index (χ3n) is 3.65. The molecular formula is C18H18N2O3S2. The van der Waals surface area contributed by atoms with Crippen molar-refractivity contribution < 1.29 is 14.3 Å². The van der Waals surface area contributed by atoms with E-state index in [2.05, 4.69) is 15.7 Å². The number of hydrogen-bond acceptors (Lipinski definition) is 6. The van der Waals surface area contributed by atoms with Crippen molar-refractivity contribution in [1.29, 1.82) is 0 Å². The molecule has 130 valence electrons. The normalized spacial score (nSPS) is 10.5. The standard InChI is InChI=1S/C18H18N2O3S2/c1-22-13-4-5-16(23-2)14(9-13)15-11-25-18(19-15)20-17(21)6-3-12-7-8-24-10-12/h4-5,7-11H,3,6H2,1-2H3,(H,19,20,21). The van der Waals surface area contributed by atoms with Gasteiger partial charge in [0.05, 0.1) is 19.9 Å². The minimum absolute atomic E-state index is 0.0373. The Bertz CT molecular complexity index is 844. The number of thiazole rings is 1. The van der Waals surface area contributed by atoms with Crippen LogP contribution in [-0.2, 0) is 11.2 Å². The lowest BCUT2D eigenvalue weighted by atomic mass is 10.1. The van der Waals surface area contributed by atoms with E-state index in [1.807, 2.05) is 35.0 Å². The Kier molecular flexibility index (Phi) is 5.67. The molecule has 0 saturated carbocycles. The van der Waals surface area contributed by atoms with Crippen LogP contribution in [-0.4, -0.2) is 25.1 Å². The maximum atomic E-state index is 12.1. The van der Waals surface area contributed by atoms with Gasteiger partial charge in [-0.05, 0) is 47.0 Å². The van der Waals surface area contributed by atoms with Gasteiger partial charge in [0.2, 0.25) is 5.91 Å². The summed E-state index contributed by atoms with van der Waals surface area (Å²) in [5.41, 5.74) is 2.76. The van der Waals surface area contributed by atoms with Crippen LogP contribution < -0.4 is 14.8 Å². The number of thiophene rings is 1. The lowest BCUT2D eigenvalue weighted by Gasteiger charge is -2.08. The molecule has 0 aliphatic carbocycles. The zero-order valence-corrected chi connectivity index (χ0v) is 15.6. The Hall–Kier alpha value is -2.38. The molecule has 3 aromatic rings. The molecule has 2 aromatic heterocycles. The summed E-state index contributed by atoms with van der Waals surface area (Å²) in [5.74, 6) is 1.40. The summed E-state index contributed by atoms with van der Waals surface area (Å²) < 4.78 is 10.7. The summed E-state index contributed by atoms with van der Waals surface area (Å²) in [5, 5.41) is 9.41. The molecule has 0 unspecified atom stereocenters. The van der Waals surface area contributed by atoms with Gasteiger partial charge in [-0.1, -0.05) is 0 Å². The number of nitrogens with zero attached hydrogens (tertiary/aromatic N) is 1. The number of carbonyl (C=O) groups excluding carboxylic acids is 1. The number of benzene rings is 1. The molecule has 0 saturated heterocycles. The highest BCUT2D eigenvalue weighted by molar-refractivity contribution is 7.14. The molecule has 1 amide bonds. The number of ether oxygens (including phenoxy) is 2. The first-order chi connectivity index (χ1) is 12.2. The monoisotopic (exact) mass is 374 g/mol. The van der Waals surface area contributed by atoms with Crippen LogP contribution in [0.25, 0.3) is 11.3 Å². The molecule has 25 heavy (non-hydrogen) atoms. The largest absolute Gasteiger partial charge is 0.497 e. The van der Waals surface area contributed by atoms with E-state index in [1.165, 1.54) is 16.9 Å². The summed E-state index contributed by atoms with van der Waals surface area (Å²) in [4.78, 5) is 16.6. The van der Waals surface area contributed by atoms with Gasteiger partial charge in [-0.25, -0.2) is 4.98 Å². The lowest BCUT2D eigenvalue weighted by Crippen LogP contribution is -2.11. The van der Waals surface area contributed by atoms with Gasteiger partial charge in [-0.2, -0.15) is 11.3 Å². The number of anilines is 1. The van der Waals surface area contributed by atoms with Crippen molar-refractivity contribution in [2.75, 3.05) is 19.5 Å². The zero-order chi connectivity index (χ0) is 17.6. The maximum absolute atomic E-state index is 12.1. The number of aryl methyl sites for hydroxylation is 1. The van der Waals surface area contributed by atoms with Crippen molar-refractivity contribution >= 4 is 33.7 Å². The van der Waals surface area contributed by atoms with Gasteiger partial charge < -0.3 is 14.8 Å². The van der Waals surface area contributed by atoms with E-state index >= 15 is 0 Å². The van der Waals surface area contributed by atoms with E-state index < -0.39 is 0 Å². The Morgan fingerprint density at radius 3 is 2.80 bits per heavy atom. The first kappa shape index (κ1) is 17.4. The van der Waals surface area contributed by atoms with Gasteiger partial charge >= 0.3 is 0 Å². The van der Waals surface area contributed by atoms with Crippen LogP contribution >= 0.6 is 22.7 Å². The summed E-state index contributed by atoms with van der Waals surface area (Å²) in [7, 11) is 3.23. The molecule has 7 heteroatoms. The third kappa shape index (κ3) is 4.37. The summed E-state index contributed by atoms with van der Waals surface area (Å²) in [6.45, 7) is 0. The molecule has 0 aliphatic rings. The second-order valence-corrected chi connectivity index (χ2v) is 6.92. The molecule has 0 atom stereocenters. The van der Waals surface area contributed by atoms with Crippen LogP contribution in [0.3, 0.4) is 0 Å². The number of aromatic nitrogens is 1. The summed E-state index contributed by atoms with van der Waals surface area (Å²) >= 11 is 3.03. The van der Waals surface area contributed by atoms with Gasteiger partial charge in [0.15, 0.2) is 5.13 Å². The van der Waals surface area contributed by atoms with E-state index in [1.54, 1.807) is 25.6 Å². The van der Waals surface area contributed by atoms with Crippen molar-refractivity contribution in [3.8, 4) is 22.8 Å². The first-order valence-electron chi connectivity index (χ1n) is 7.68. The Morgan fingerprint density at radius 1 is 1.20 bits per heavy atom. The quantitative estimate of drug-likeness (QED) is 0.663. The fraction of sp³-hybridized carbons (Fsp3) is 0.222. The minimum Gasteiger partial charge on any atom is -0.497 e. The molecular weight excluding hydrogens is 356 g/mol. The van der Waals surface area contributed by atoms with E-state index in [-0.39, 0.29) is 5.91 Å². The van der Waals surface area contributed by atoms with Gasteiger partial charge in [0.25, 0.3) is 0 Å². The van der Waals surface area contributed by atoms with Gasteiger partial charge in [0, 0.05) is 17.4 Å². The van der Waals surface area contributed by atoms with Crippen LogP contribution in [0.4, 0.5) is 5.13 Å². The Balaban J connectivity index is 1.69. The minimum atomic E-state index is -0.0373. The van der Waals surface area contributed by atoms with E-state index in [0.29, 0.717) is 17.3 Å². The van der Waals surface area contributed by atoms with Crippen molar-refractivity contribution in [2.45, 2.75) is 12.8 Å². The molecule has 1 N–H and O–H groups in total. The molecule has 3 rings (SSSR count). The SMILES string of the molecule is COc1ccc(OC)c(-c2csc(NC(=O)CCc3ccsc3)n2)c1. The van der Waals surface area contributed by atoms with Crippen LogP contribution in [0.2, 0.25) is 0 Å². The molecule has 5 nitrogen and oxygen atoms in total. The second kappa shape index (κ2) is 8.13. The van der Waals surface area contributed by atoms with Gasteiger partial charge in [0.1, 0.15) is 11.5 Å². The number of rotatable bonds is 7. The van der Waals surface area contributed by atoms with Gasteiger partial charge in [-0.15, -0.1) is 11.3 Å². The lowest BCUT2D eigenvalue weighted by molar-refractivity contribution is -0.116. The third-order valence-corrected chi connectivity index (χ3v) is 5.14. The highest BCUT2D eigenvalue weighted by atomic mass is 32.1. The maximum Gasteiger partial charge on any atom is 0.226 e. The summed E-state index contributed by atoms with van der Waals surface area (Å²) in [6.07, 6.45) is 1.17. The number of carbonyl (C=O) groups is 1. The van der Waals surface area contributed by atoms with Crippen molar-refractivity contribution in [3.05, 3.63) is 46.0 Å². The predicted octanol–water partition coefficient (Wildman–Crippen LogP) is 4.46. The Morgan fingerprint density at radius 2 is 2.08 bits per heavy atom. The predicted molar refractivity (Wildman–Crippen MR) is 102 cm³/mol. The van der Waals surface area contributed by atoms with Crippen molar-refractivity contribution in [1.82, 2.24) is 4.98 Å². The number of methoxy groups -OCH3 is 2. The zero-order valence-electron chi connectivity index (χ0n) is 13.9. The number of amides is 1. The molecule has 0 radical (unpaired) electrons. The fourth-order valence-electron chi connectivity index (χ4n) is 2.34. The molecule has 0 aliphatic heterocycles. The van der Waals surface area contributed by atoms with Crippen molar-refractivity contribution in [2.24, 2.45) is 0 Å². The highest BCUT2D eigenvalue weighted by Crippen LogP contribution is 2.35. The Labute approximate surface area is 154 Å². The van der Waals surface area contributed by atoms with Crippen LogP contribution in [0.1, 0.15) is 12.0 Å². The fourth-order valence-corrected chi connectivity index (χ4v) is 3.77. The molecule has 2 heterocycles. The molecule has 0 bridgehead atoms. The number of hydrogen-bond donors (Lipinski definition) is 1. The molecule has 0 spiro atoms. The van der Waals surface area contributed by atoms with Crippen LogP contribution in [0, 0.1) is 0 Å². The van der Waals surface area contributed by atoms with Crippen LogP contribution in [0.15, 0.2) is 40.4 Å². The molecule has 0 fully saturated rings. The number of nitrogens with one attached hydrogen (secondary N) is 1. The van der Waals surface area contributed by atoms with E-state index in [9.17, 15) is 4.79 Å². The van der Waals surface area contributed by atoms with E-state index in [0.717, 1.165) is 23.4 Å². The summed E-state index contributed by atoms with van der Waals surface area (Å²) in [6, 6.07) is 7.58. The highest BCUT2D eigenvalue weighted by Gasteiger charge is 2.13. The molecule has 1 aromatic carbocycles. The topological polar surface area (TPSA) is 60.5 Å². The van der Waals surface area contributed by atoms with E-state index in [4.69, 9.17) is 9.47 Å².